The number of benzene rings is 2. The molecule has 2 aromatic carbocycles. The molecule has 1 heterocycles. The molecule has 2 aromatic rings. The van der Waals surface area contributed by atoms with E-state index in [1.165, 1.54) is 17.0 Å². The molecule has 0 spiro atoms. The molecule has 1 aliphatic heterocycles. The van der Waals surface area contributed by atoms with Crippen LogP contribution in [0, 0.1) is 5.82 Å². The number of rotatable bonds is 3. The molecule has 1 aliphatic rings. The Balaban J connectivity index is 2.02. The molecule has 0 bridgehead atoms. The fourth-order valence-corrected chi connectivity index (χ4v) is 4.17. The minimum atomic E-state index is -0.886. The molecule has 0 saturated carbocycles. The summed E-state index contributed by atoms with van der Waals surface area (Å²) in [5.41, 5.74) is 2.07. The first kappa shape index (κ1) is 18.9. The highest BCUT2D eigenvalue weighted by molar-refractivity contribution is 9.10. The third-order valence-electron chi connectivity index (χ3n) is 5.00. The molecule has 0 aliphatic carbocycles. The lowest BCUT2D eigenvalue weighted by Crippen LogP contribution is -2.58. The highest BCUT2D eigenvalue weighted by Crippen LogP contribution is 2.36. The van der Waals surface area contributed by atoms with E-state index < -0.39 is 6.09 Å². The molecule has 0 aromatic heterocycles. The molecule has 6 heteroatoms. The van der Waals surface area contributed by atoms with E-state index >= 15 is 0 Å². The summed E-state index contributed by atoms with van der Waals surface area (Å²) in [6.45, 7) is 5.01. The van der Waals surface area contributed by atoms with Crippen LogP contribution in [0.3, 0.4) is 0 Å². The van der Waals surface area contributed by atoms with Crippen LogP contribution in [0.15, 0.2) is 53.0 Å². The fraction of sp³-hybridized carbons (Fsp3) is 0.350. The number of carbonyl (C=O) groups is 1. The van der Waals surface area contributed by atoms with E-state index in [1.807, 2.05) is 32.0 Å². The van der Waals surface area contributed by atoms with E-state index in [4.69, 9.17) is 0 Å². The fourth-order valence-electron chi connectivity index (χ4n) is 3.67. The first-order chi connectivity index (χ1) is 12.4. The highest BCUT2D eigenvalue weighted by Gasteiger charge is 2.37. The number of amides is 1. The summed E-state index contributed by atoms with van der Waals surface area (Å²) in [5, 5.41) is 9.42. The molecular weight excluding hydrogens is 399 g/mol. The third-order valence-corrected chi connectivity index (χ3v) is 5.72. The lowest BCUT2D eigenvalue weighted by molar-refractivity contribution is 0.0278. The molecule has 0 radical (unpaired) electrons. The summed E-state index contributed by atoms with van der Waals surface area (Å²) in [6, 6.07) is 14.4. The number of piperazine rings is 1. The van der Waals surface area contributed by atoms with E-state index in [9.17, 15) is 14.3 Å². The predicted molar refractivity (Wildman–Crippen MR) is 103 cm³/mol. The van der Waals surface area contributed by atoms with Gasteiger partial charge >= 0.3 is 6.09 Å². The molecule has 4 nitrogen and oxygen atoms in total. The van der Waals surface area contributed by atoms with Crippen LogP contribution < -0.4 is 0 Å². The molecule has 1 fully saturated rings. The summed E-state index contributed by atoms with van der Waals surface area (Å²) in [5.74, 6) is -0.267. The number of hydrogen-bond acceptors (Lipinski definition) is 2. The minimum absolute atomic E-state index is 0.0319. The van der Waals surface area contributed by atoms with Gasteiger partial charge in [-0.3, -0.25) is 4.90 Å². The van der Waals surface area contributed by atoms with Crippen LogP contribution in [-0.2, 0) is 0 Å². The number of nitrogens with zero attached hydrogens (tertiary/aromatic N) is 2. The van der Waals surface area contributed by atoms with Gasteiger partial charge in [0, 0.05) is 29.6 Å². The molecule has 1 amide bonds. The van der Waals surface area contributed by atoms with Crippen molar-refractivity contribution in [2.45, 2.75) is 32.0 Å². The highest BCUT2D eigenvalue weighted by atomic mass is 79.9. The van der Waals surface area contributed by atoms with E-state index in [2.05, 4.69) is 26.9 Å². The second-order valence-electron chi connectivity index (χ2n) is 6.81. The SMILES string of the molecule is C[C@@H]1CN(C(=O)O)[C@@H](C)CN1C(c1ccc(F)cc1)c1ccccc1Br. The summed E-state index contributed by atoms with van der Waals surface area (Å²) in [6.07, 6.45) is -0.886. The first-order valence-corrected chi connectivity index (χ1v) is 9.43. The van der Waals surface area contributed by atoms with Crippen molar-refractivity contribution in [1.29, 1.82) is 0 Å². The second-order valence-corrected chi connectivity index (χ2v) is 7.66. The molecule has 26 heavy (non-hydrogen) atoms. The van der Waals surface area contributed by atoms with Crippen molar-refractivity contribution in [3.8, 4) is 0 Å². The van der Waals surface area contributed by atoms with Crippen LogP contribution in [0.2, 0.25) is 0 Å². The summed E-state index contributed by atoms with van der Waals surface area (Å²) < 4.78 is 14.4. The summed E-state index contributed by atoms with van der Waals surface area (Å²) in [7, 11) is 0. The van der Waals surface area contributed by atoms with Gasteiger partial charge in [-0.2, -0.15) is 0 Å². The third kappa shape index (κ3) is 3.76. The quantitative estimate of drug-likeness (QED) is 0.778. The average Bonchev–Trinajstić information content (AvgIpc) is 2.60. The van der Waals surface area contributed by atoms with Crippen molar-refractivity contribution >= 4 is 22.0 Å². The van der Waals surface area contributed by atoms with Gasteiger partial charge in [0.05, 0.1) is 6.04 Å². The molecule has 1 N–H and O–H groups in total. The zero-order valence-electron chi connectivity index (χ0n) is 14.8. The standard InChI is InChI=1S/C20H22BrFN2O2/c1-13-12-24(20(25)26)14(2)11-23(13)19(15-7-9-16(22)10-8-15)17-5-3-4-6-18(17)21/h3-10,13-14,19H,11-12H2,1-2H3,(H,25,26)/t13-,14+,19?/m1/s1. The largest absolute Gasteiger partial charge is 0.465 e. The number of halogens is 2. The van der Waals surface area contributed by atoms with Gasteiger partial charge in [-0.15, -0.1) is 0 Å². The van der Waals surface area contributed by atoms with E-state index in [0.717, 1.165) is 15.6 Å². The van der Waals surface area contributed by atoms with Crippen molar-refractivity contribution in [1.82, 2.24) is 9.80 Å². The Labute approximate surface area is 161 Å². The van der Waals surface area contributed by atoms with Crippen molar-refractivity contribution in [2.24, 2.45) is 0 Å². The Bertz CT molecular complexity index is 784. The van der Waals surface area contributed by atoms with Crippen LogP contribution in [0.1, 0.15) is 31.0 Å². The van der Waals surface area contributed by atoms with Gasteiger partial charge < -0.3 is 10.0 Å². The van der Waals surface area contributed by atoms with Gasteiger partial charge in [0.25, 0.3) is 0 Å². The summed E-state index contributed by atoms with van der Waals surface area (Å²) in [4.78, 5) is 15.3. The van der Waals surface area contributed by atoms with Gasteiger partial charge in [-0.25, -0.2) is 9.18 Å². The topological polar surface area (TPSA) is 43.8 Å². The maximum Gasteiger partial charge on any atom is 0.407 e. The Hall–Kier alpha value is -1.92. The normalized spacial score (nSPS) is 22.2. The van der Waals surface area contributed by atoms with Gasteiger partial charge in [0.1, 0.15) is 5.82 Å². The molecule has 3 rings (SSSR count). The Kier molecular flexibility index (Phi) is 5.63. The maximum absolute atomic E-state index is 13.5. The molecule has 3 atom stereocenters. The van der Waals surface area contributed by atoms with Crippen LogP contribution >= 0.6 is 15.9 Å². The number of hydrogen-bond donors (Lipinski definition) is 1. The van der Waals surface area contributed by atoms with Crippen LogP contribution in [0.25, 0.3) is 0 Å². The first-order valence-electron chi connectivity index (χ1n) is 8.63. The molecule has 1 saturated heterocycles. The average molecular weight is 421 g/mol. The van der Waals surface area contributed by atoms with Crippen molar-refractivity contribution < 1.29 is 14.3 Å². The number of carboxylic acid groups (broad SMARTS) is 1. The zero-order valence-corrected chi connectivity index (χ0v) is 16.4. The zero-order chi connectivity index (χ0) is 18.8. The van der Waals surface area contributed by atoms with E-state index in [-0.39, 0.29) is 23.9 Å². The van der Waals surface area contributed by atoms with Crippen LogP contribution in [0.4, 0.5) is 9.18 Å². The van der Waals surface area contributed by atoms with Gasteiger partial charge in [-0.05, 0) is 43.2 Å². The van der Waals surface area contributed by atoms with Gasteiger partial charge in [0.15, 0.2) is 0 Å². The summed E-state index contributed by atoms with van der Waals surface area (Å²) >= 11 is 3.64. The van der Waals surface area contributed by atoms with Crippen LogP contribution in [0.5, 0.6) is 0 Å². The lowest BCUT2D eigenvalue weighted by Gasteiger charge is -2.46. The van der Waals surface area contributed by atoms with E-state index in [0.29, 0.717) is 13.1 Å². The Morgan fingerprint density at radius 1 is 1.12 bits per heavy atom. The molecule has 138 valence electrons. The Morgan fingerprint density at radius 3 is 2.38 bits per heavy atom. The monoisotopic (exact) mass is 420 g/mol. The maximum atomic E-state index is 13.5. The molecular formula is C20H22BrFN2O2. The lowest BCUT2D eigenvalue weighted by atomic mass is 9.93. The smallest absolute Gasteiger partial charge is 0.407 e. The van der Waals surface area contributed by atoms with Crippen molar-refractivity contribution in [2.75, 3.05) is 13.1 Å². The van der Waals surface area contributed by atoms with Gasteiger partial charge in [0.2, 0.25) is 0 Å². The minimum Gasteiger partial charge on any atom is -0.465 e. The predicted octanol–water partition coefficient (Wildman–Crippen LogP) is 4.75. The van der Waals surface area contributed by atoms with E-state index in [1.54, 1.807) is 12.1 Å². The Morgan fingerprint density at radius 2 is 1.77 bits per heavy atom. The van der Waals surface area contributed by atoms with Crippen molar-refractivity contribution in [3.05, 3.63) is 69.9 Å². The van der Waals surface area contributed by atoms with Crippen LogP contribution in [-0.4, -0.2) is 46.2 Å². The van der Waals surface area contributed by atoms with Crippen molar-refractivity contribution in [3.63, 3.8) is 0 Å². The molecule has 1 unspecified atom stereocenters. The second kappa shape index (κ2) is 7.76. The van der Waals surface area contributed by atoms with Gasteiger partial charge in [-0.1, -0.05) is 46.3 Å².